The molecule has 3 aromatic heterocycles. The maximum atomic E-state index is 17.4. The summed E-state index contributed by atoms with van der Waals surface area (Å²) in [5, 5.41) is 26.1. The van der Waals surface area contributed by atoms with Crippen LogP contribution >= 0.6 is 34.8 Å². The Labute approximate surface area is 331 Å². The highest BCUT2D eigenvalue weighted by atomic mass is 35.5. The molecule has 5 aromatic rings. The van der Waals surface area contributed by atoms with Crippen molar-refractivity contribution in [3.05, 3.63) is 86.4 Å². The molecule has 9 nitrogen and oxygen atoms in total. The SMILES string of the molecule is C[C@@H]1[C@@H](Oc2c(F)ccnc2Cl)C[C@H](c2cc3c([C@@H](C)O)nc4c(F)c(-c5cccc(Cl)c5Cl)c(CCC#N)cc4c3n2[C@H]2[C@H]3CN[C@@H]2C3)N1C(=O)C1CC1. The number of fused-ring (bicyclic) bond motifs is 4. The number of hydrogen-bond acceptors (Lipinski definition) is 7. The first kappa shape index (κ1) is 36.6. The summed E-state index contributed by atoms with van der Waals surface area (Å²) in [6.07, 6.45) is 2.78. The van der Waals surface area contributed by atoms with Crippen molar-refractivity contribution >= 4 is 62.5 Å². The molecule has 3 aliphatic heterocycles. The van der Waals surface area contributed by atoms with Crippen molar-refractivity contribution in [1.82, 2.24) is 24.8 Å². The molecule has 10 rings (SSSR count). The number of aliphatic hydroxyl groups excluding tert-OH is 1. The topological polar surface area (TPSA) is 116 Å². The molecular formula is C41H37Cl3F2N6O3. The van der Waals surface area contributed by atoms with Gasteiger partial charge >= 0.3 is 0 Å². The number of aliphatic hydroxyl groups is 1. The minimum atomic E-state index is -1.08. The van der Waals surface area contributed by atoms with Gasteiger partial charge in [-0.05, 0) is 75.3 Å². The summed E-state index contributed by atoms with van der Waals surface area (Å²) in [6.45, 7) is 4.31. The lowest BCUT2D eigenvalue weighted by Gasteiger charge is -2.39. The summed E-state index contributed by atoms with van der Waals surface area (Å²) in [4.78, 5) is 25.0. The summed E-state index contributed by atoms with van der Waals surface area (Å²) in [5.74, 6) is -1.29. The van der Waals surface area contributed by atoms with Crippen LogP contribution in [0.5, 0.6) is 5.75 Å². The number of carbonyl (C=O) groups is 1. The van der Waals surface area contributed by atoms with Crippen LogP contribution in [0.4, 0.5) is 8.78 Å². The third-order valence-corrected chi connectivity index (χ3v) is 13.1. The number of hydrogen-bond donors (Lipinski definition) is 2. The van der Waals surface area contributed by atoms with E-state index in [4.69, 9.17) is 44.5 Å². The fourth-order valence-corrected chi connectivity index (χ4v) is 9.83. The molecule has 14 heteroatoms. The average Bonchev–Trinajstić information content (AvgIpc) is 3.42. The van der Waals surface area contributed by atoms with E-state index in [1.54, 1.807) is 25.1 Å². The summed E-state index contributed by atoms with van der Waals surface area (Å²) < 4.78 is 41.0. The number of pyridine rings is 2. The van der Waals surface area contributed by atoms with Gasteiger partial charge in [0.2, 0.25) is 5.91 Å². The van der Waals surface area contributed by atoms with Crippen LogP contribution in [-0.4, -0.2) is 55.2 Å². The van der Waals surface area contributed by atoms with Crippen molar-refractivity contribution < 1.29 is 23.4 Å². The standard InChI is InChI=1S/C41H37Cl3F2N6O3/c1-18-31(55-39-27(45)10-12-48-40(39)44)16-30(51(18)41(54)20-8-9-20)29-15-25-35(19(2)53)50-36-24(38(25)52(29)37-22-14-28(37)49-17-22)13-21(5-4-11-47)32(34(36)46)23-6-3-7-26(42)33(23)43/h3,6-7,10,12-13,15,18-20,22,28,30-31,37,49,53H,4-5,8-9,14,16-17H2,1-2H3/t18-,19-,22-,28-,30-,31+,37+/m1/s1. The van der Waals surface area contributed by atoms with E-state index in [-0.39, 0.29) is 80.4 Å². The van der Waals surface area contributed by atoms with Gasteiger partial charge in [-0.15, -0.1) is 0 Å². The van der Waals surface area contributed by atoms with Crippen molar-refractivity contribution in [2.45, 2.75) is 88.7 Å². The average molecular weight is 806 g/mol. The second kappa shape index (κ2) is 13.9. The molecule has 0 unspecified atom stereocenters. The molecule has 0 spiro atoms. The number of likely N-dealkylation sites (tertiary alicyclic amines) is 1. The first-order valence-corrected chi connectivity index (χ1v) is 19.8. The predicted octanol–water partition coefficient (Wildman–Crippen LogP) is 9.05. The Morgan fingerprint density at radius 3 is 2.64 bits per heavy atom. The van der Waals surface area contributed by atoms with E-state index < -0.39 is 35.9 Å². The number of ether oxygens (including phenoxy) is 1. The number of halogens is 5. The second-order valence-electron chi connectivity index (χ2n) is 15.3. The number of carbonyl (C=O) groups excluding carboxylic acids is 1. The first-order valence-electron chi connectivity index (χ1n) is 18.7. The van der Waals surface area contributed by atoms with Crippen LogP contribution in [0.25, 0.3) is 32.9 Å². The molecule has 0 radical (unpaired) electrons. The van der Waals surface area contributed by atoms with Crippen LogP contribution in [0, 0.1) is 34.8 Å². The fourth-order valence-electron chi connectivity index (χ4n) is 9.25. The molecule has 7 atom stereocenters. The zero-order valence-corrected chi connectivity index (χ0v) is 32.3. The molecule has 1 amide bonds. The number of nitriles is 1. The Balaban J connectivity index is 1.31. The Hall–Kier alpha value is -4.05. The van der Waals surface area contributed by atoms with E-state index in [0.29, 0.717) is 33.8 Å². The van der Waals surface area contributed by atoms with E-state index in [2.05, 4.69) is 20.9 Å². The van der Waals surface area contributed by atoms with E-state index in [1.165, 1.54) is 12.3 Å². The minimum Gasteiger partial charge on any atom is -0.482 e. The van der Waals surface area contributed by atoms with Crippen molar-refractivity contribution in [3.8, 4) is 22.9 Å². The zero-order chi connectivity index (χ0) is 38.4. The highest BCUT2D eigenvalue weighted by Gasteiger charge is 2.53. The monoisotopic (exact) mass is 804 g/mol. The van der Waals surface area contributed by atoms with Gasteiger partial charge in [-0.2, -0.15) is 5.26 Å². The van der Waals surface area contributed by atoms with E-state index >= 15 is 8.78 Å². The molecule has 6 heterocycles. The smallest absolute Gasteiger partial charge is 0.226 e. The number of aromatic nitrogens is 3. The van der Waals surface area contributed by atoms with Gasteiger partial charge in [-0.1, -0.05) is 46.9 Å². The van der Waals surface area contributed by atoms with Crippen LogP contribution in [0.3, 0.4) is 0 Å². The third-order valence-electron chi connectivity index (χ3n) is 12.0. The molecule has 2 N–H and O–H groups in total. The number of rotatable bonds is 9. The van der Waals surface area contributed by atoms with Crippen molar-refractivity contribution in [2.24, 2.45) is 11.8 Å². The molecule has 2 bridgehead atoms. The van der Waals surface area contributed by atoms with Gasteiger partial charge in [0.05, 0.1) is 51.6 Å². The lowest BCUT2D eigenvalue weighted by molar-refractivity contribution is -0.136. The molecule has 3 saturated heterocycles. The lowest BCUT2D eigenvalue weighted by Crippen LogP contribution is -2.43. The van der Waals surface area contributed by atoms with Crippen LogP contribution < -0.4 is 10.1 Å². The van der Waals surface area contributed by atoms with Crippen LogP contribution in [0.2, 0.25) is 15.2 Å². The number of nitrogens with zero attached hydrogens (tertiary/aromatic N) is 5. The number of nitrogens with one attached hydrogen (secondary N) is 1. The van der Waals surface area contributed by atoms with E-state index in [9.17, 15) is 15.2 Å². The molecule has 5 fully saturated rings. The van der Waals surface area contributed by atoms with Crippen LogP contribution in [-0.2, 0) is 11.2 Å². The molecule has 2 aromatic carbocycles. The van der Waals surface area contributed by atoms with Crippen molar-refractivity contribution in [2.75, 3.05) is 6.54 Å². The zero-order valence-electron chi connectivity index (χ0n) is 30.0. The highest BCUT2D eigenvalue weighted by molar-refractivity contribution is 6.43. The number of benzene rings is 2. The molecule has 2 aliphatic carbocycles. The maximum Gasteiger partial charge on any atom is 0.226 e. The van der Waals surface area contributed by atoms with Crippen molar-refractivity contribution in [3.63, 3.8) is 0 Å². The lowest BCUT2D eigenvalue weighted by atomic mass is 9.79. The predicted molar refractivity (Wildman–Crippen MR) is 206 cm³/mol. The van der Waals surface area contributed by atoms with Gasteiger partial charge in [-0.25, -0.2) is 18.7 Å². The molecule has 55 heavy (non-hydrogen) atoms. The van der Waals surface area contributed by atoms with Gasteiger partial charge in [-0.3, -0.25) is 4.79 Å². The summed E-state index contributed by atoms with van der Waals surface area (Å²) in [6, 6.07) is 11.4. The molecule has 5 aliphatic rings. The largest absolute Gasteiger partial charge is 0.482 e. The highest BCUT2D eigenvalue weighted by Crippen LogP contribution is 2.52. The number of aryl methyl sites for hydroxylation is 1. The Morgan fingerprint density at radius 1 is 1.16 bits per heavy atom. The normalized spacial score (nSPS) is 25.0. The van der Waals surface area contributed by atoms with Gasteiger partial charge in [0.25, 0.3) is 0 Å². The second-order valence-corrected chi connectivity index (χ2v) is 16.5. The summed E-state index contributed by atoms with van der Waals surface area (Å²) >= 11 is 19.4. The fraction of sp³-hybridized carbons (Fsp3) is 0.415. The third kappa shape index (κ3) is 5.86. The minimum absolute atomic E-state index is 0.000484. The Morgan fingerprint density at radius 2 is 1.96 bits per heavy atom. The van der Waals surface area contributed by atoms with Gasteiger partial charge in [0, 0.05) is 65.1 Å². The molecule has 2 saturated carbocycles. The quantitative estimate of drug-likeness (QED) is 0.143. The van der Waals surface area contributed by atoms with Crippen LogP contribution in [0.1, 0.15) is 81.1 Å². The summed E-state index contributed by atoms with van der Waals surface area (Å²) in [5.41, 5.74) is 2.99. The number of amides is 1. The Kier molecular flexibility index (Phi) is 9.21. The first-order chi connectivity index (χ1) is 26.5. The van der Waals surface area contributed by atoms with E-state index in [1.807, 2.05) is 24.0 Å². The maximum absolute atomic E-state index is 17.4. The van der Waals surface area contributed by atoms with Gasteiger partial charge in [0.1, 0.15) is 11.6 Å². The van der Waals surface area contributed by atoms with Gasteiger partial charge in [0.15, 0.2) is 22.5 Å². The van der Waals surface area contributed by atoms with Crippen molar-refractivity contribution in [1.29, 1.82) is 5.26 Å². The van der Waals surface area contributed by atoms with Crippen LogP contribution in [0.15, 0.2) is 42.6 Å². The molecule has 284 valence electrons. The van der Waals surface area contributed by atoms with E-state index in [0.717, 1.165) is 31.5 Å². The Bertz CT molecular complexity index is 2410. The molecular weight excluding hydrogens is 769 g/mol. The van der Waals surface area contributed by atoms with Gasteiger partial charge < -0.3 is 24.6 Å². The summed E-state index contributed by atoms with van der Waals surface area (Å²) in [7, 11) is 0.